The predicted molar refractivity (Wildman–Crippen MR) is 284 cm³/mol. The molecule has 0 saturated heterocycles. The van der Waals surface area contributed by atoms with Gasteiger partial charge in [-0.1, -0.05) is 241 Å². The van der Waals surface area contributed by atoms with Crippen LogP contribution in [-0.4, -0.2) is 37.2 Å². The normalized spacial score (nSPS) is 12.6. The first-order chi connectivity index (χ1) is 32.5. The molecule has 0 amide bonds. The number of ether oxygens (including phenoxy) is 3. The second-order valence-corrected chi connectivity index (χ2v) is 18.4. The van der Waals surface area contributed by atoms with Gasteiger partial charge in [-0.25, -0.2) is 0 Å². The van der Waals surface area contributed by atoms with E-state index in [1.807, 2.05) is 0 Å². The largest absolute Gasteiger partial charge is 0.462 e. The van der Waals surface area contributed by atoms with Crippen molar-refractivity contribution in [3.8, 4) is 0 Å². The maximum Gasteiger partial charge on any atom is 0.306 e. The van der Waals surface area contributed by atoms with Crippen LogP contribution in [0.15, 0.2) is 72.9 Å². The van der Waals surface area contributed by atoms with Crippen LogP contribution in [-0.2, 0) is 28.6 Å². The third-order valence-corrected chi connectivity index (χ3v) is 12.0. The average Bonchev–Trinajstić information content (AvgIpc) is 3.31. The molecule has 0 rings (SSSR count). The Morgan fingerprint density at radius 3 is 0.939 bits per heavy atom. The van der Waals surface area contributed by atoms with Crippen LogP contribution in [0.1, 0.15) is 271 Å². The molecule has 0 aromatic heterocycles. The van der Waals surface area contributed by atoms with Gasteiger partial charge in [-0.15, -0.1) is 0 Å². The van der Waals surface area contributed by atoms with Gasteiger partial charge in [-0.3, -0.25) is 14.4 Å². The van der Waals surface area contributed by atoms with Gasteiger partial charge in [-0.2, -0.15) is 0 Å². The van der Waals surface area contributed by atoms with Gasteiger partial charge in [0.05, 0.1) is 0 Å². The van der Waals surface area contributed by atoms with Crippen molar-refractivity contribution in [1.29, 1.82) is 0 Å². The van der Waals surface area contributed by atoms with Crippen molar-refractivity contribution in [2.24, 2.45) is 0 Å². The highest BCUT2D eigenvalue weighted by atomic mass is 16.6. The topological polar surface area (TPSA) is 78.9 Å². The van der Waals surface area contributed by atoms with E-state index < -0.39 is 6.10 Å². The third-order valence-electron chi connectivity index (χ3n) is 12.0. The summed E-state index contributed by atoms with van der Waals surface area (Å²) in [6.45, 7) is 6.39. The Morgan fingerprint density at radius 1 is 0.318 bits per heavy atom. The highest BCUT2D eigenvalue weighted by Gasteiger charge is 2.19. The van der Waals surface area contributed by atoms with Gasteiger partial charge in [0.1, 0.15) is 13.2 Å². The van der Waals surface area contributed by atoms with Crippen LogP contribution in [0.4, 0.5) is 0 Å². The summed E-state index contributed by atoms with van der Waals surface area (Å²) in [5.74, 6) is -0.931. The molecule has 1 atom stereocenters. The van der Waals surface area contributed by atoms with E-state index in [0.29, 0.717) is 19.3 Å². The Kier molecular flexibility index (Phi) is 51.9. The first-order valence-corrected chi connectivity index (χ1v) is 27.9. The van der Waals surface area contributed by atoms with Crippen molar-refractivity contribution >= 4 is 17.9 Å². The fourth-order valence-corrected chi connectivity index (χ4v) is 7.82. The summed E-state index contributed by atoms with van der Waals surface area (Å²) in [5, 5.41) is 0. The number of esters is 3. The van der Waals surface area contributed by atoms with Crippen molar-refractivity contribution in [3.05, 3.63) is 72.9 Å². The minimum absolute atomic E-state index is 0.0901. The Morgan fingerprint density at radius 2 is 0.591 bits per heavy atom. The minimum Gasteiger partial charge on any atom is -0.462 e. The van der Waals surface area contributed by atoms with E-state index in [2.05, 4.69) is 93.7 Å². The quantitative estimate of drug-likeness (QED) is 0.0262. The van der Waals surface area contributed by atoms with Crippen LogP contribution >= 0.6 is 0 Å². The van der Waals surface area contributed by atoms with E-state index in [-0.39, 0.29) is 31.1 Å². The second-order valence-electron chi connectivity index (χ2n) is 18.4. The molecule has 0 aliphatic carbocycles. The minimum atomic E-state index is -0.795. The van der Waals surface area contributed by atoms with Crippen LogP contribution in [0.5, 0.6) is 0 Å². The van der Waals surface area contributed by atoms with Crippen LogP contribution in [0.3, 0.4) is 0 Å². The van der Waals surface area contributed by atoms with Gasteiger partial charge >= 0.3 is 17.9 Å². The summed E-state index contributed by atoms with van der Waals surface area (Å²) in [4.78, 5) is 38.1. The summed E-state index contributed by atoms with van der Waals surface area (Å²) in [7, 11) is 0. The smallest absolute Gasteiger partial charge is 0.306 e. The van der Waals surface area contributed by atoms with E-state index in [1.54, 1.807) is 0 Å². The lowest BCUT2D eigenvalue weighted by atomic mass is 10.0. The Balaban J connectivity index is 4.36. The SMILES string of the molecule is CC/C=C\C/C=C\C/C=C\CCCCCCCC(=O)OC(COC(=O)CCCCC/C=C\C/C=C\C/C=C\CC)COC(=O)CCCCCCCCCCCCCCCCCCCCCC. The third kappa shape index (κ3) is 51.8. The lowest BCUT2D eigenvalue weighted by molar-refractivity contribution is -0.167. The van der Waals surface area contributed by atoms with E-state index >= 15 is 0 Å². The molecule has 0 spiro atoms. The number of rotatable bonds is 50. The number of hydrogen-bond donors (Lipinski definition) is 0. The predicted octanol–water partition coefficient (Wildman–Crippen LogP) is 18.6. The average molecular weight is 921 g/mol. The molecule has 0 aromatic carbocycles. The van der Waals surface area contributed by atoms with Gasteiger partial charge in [0.25, 0.3) is 0 Å². The summed E-state index contributed by atoms with van der Waals surface area (Å²) in [5.41, 5.74) is 0. The molecule has 0 bridgehead atoms. The Hall–Kier alpha value is -3.15. The first-order valence-electron chi connectivity index (χ1n) is 27.9. The van der Waals surface area contributed by atoms with E-state index in [9.17, 15) is 14.4 Å². The molecule has 0 aliphatic rings. The molecule has 0 fully saturated rings. The highest BCUT2D eigenvalue weighted by molar-refractivity contribution is 5.71. The molecule has 380 valence electrons. The van der Waals surface area contributed by atoms with Crippen molar-refractivity contribution in [2.45, 2.75) is 277 Å². The molecule has 66 heavy (non-hydrogen) atoms. The van der Waals surface area contributed by atoms with Crippen molar-refractivity contribution in [2.75, 3.05) is 13.2 Å². The standard InChI is InChI=1S/C60H104O6/c1-4-7-10-13-16-19-22-25-27-28-29-30-31-33-35-38-41-44-47-50-53-59(62)65-56-57(55-64-58(61)52-49-46-43-40-37-34-24-21-18-15-12-9-6-3)66-60(63)54-51-48-45-42-39-36-32-26-23-20-17-14-11-8-5-2/h8-9,11-12,17-18,20-21,26,32,34,37,57H,4-7,10,13-16,19,22-25,27-31,33,35-36,38-56H2,1-3H3/b11-8-,12-9-,20-17-,21-18-,32-26-,37-34-. The molecule has 0 aliphatic heterocycles. The fourth-order valence-electron chi connectivity index (χ4n) is 7.82. The van der Waals surface area contributed by atoms with Gasteiger partial charge in [-0.05, 0) is 83.5 Å². The van der Waals surface area contributed by atoms with E-state index in [1.165, 1.54) is 109 Å². The van der Waals surface area contributed by atoms with Crippen LogP contribution in [0, 0.1) is 0 Å². The fraction of sp³-hybridized carbons (Fsp3) is 0.750. The summed E-state index contributed by atoms with van der Waals surface area (Å²) >= 11 is 0. The molecular formula is C60H104O6. The lowest BCUT2D eigenvalue weighted by Crippen LogP contribution is -2.30. The molecule has 0 aromatic rings. The zero-order chi connectivity index (χ0) is 47.9. The van der Waals surface area contributed by atoms with Crippen LogP contribution in [0.25, 0.3) is 0 Å². The highest BCUT2D eigenvalue weighted by Crippen LogP contribution is 2.16. The Bertz CT molecular complexity index is 1240. The van der Waals surface area contributed by atoms with Crippen LogP contribution in [0.2, 0.25) is 0 Å². The molecule has 0 heterocycles. The van der Waals surface area contributed by atoms with Gasteiger partial charge < -0.3 is 14.2 Å². The number of unbranched alkanes of at least 4 members (excludes halogenated alkanes) is 27. The molecule has 0 N–H and O–H groups in total. The summed E-state index contributed by atoms with van der Waals surface area (Å²) < 4.78 is 16.8. The monoisotopic (exact) mass is 921 g/mol. The molecular weight excluding hydrogens is 817 g/mol. The van der Waals surface area contributed by atoms with Crippen molar-refractivity contribution in [1.82, 2.24) is 0 Å². The molecule has 0 radical (unpaired) electrons. The molecule has 6 nitrogen and oxygen atoms in total. The molecule has 1 unspecified atom stereocenters. The molecule has 6 heteroatoms. The number of allylic oxidation sites excluding steroid dienone is 12. The zero-order valence-corrected chi connectivity index (χ0v) is 43.4. The van der Waals surface area contributed by atoms with E-state index in [4.69, 9.17) is 14.2 Å². The van der Waals surface area contributed by atoms with Crippen molar-refractivity contribution < 1.29 is 28.6 Å². The Labute approximate surface area is 408 Å². The summed E-state index contributed by atoms with van der Waals surface area (Å²) in [6.07, 6.45) is 69.0. The van der Waals surface area contributed by atoms with Gasteiger partial charge in [0, 0.05) is 19.3 Å². The zero-order valence-electron chi connectivity index (χ0n) is 43.4. The number of carbonyl (C=O) groups excluding carboxylic acids is 3. The van der Waals surface area contributed by atoms with Crippen molar-refractivity contribution in [3.63, 3.8) is 0 Å². The number of hydrogen-bond acceptors (Lipinski definition) is 6. The maximum atomic E-state index is 12.8. The van der Waals surface area contributed by atoms with E-state index in [0.717, 1.165) is 122 Å². The molecule has 0 saturated carbocycles. The van der Waals surface area contributed by atoms with Crippen LogP contribution < -0.4 is 0 Å². The summed E-state index contributed by atoms with van der Waals surface area (Å²) in [6, 6.07) is 0. The second kappa shape index (κ2) is 54.5. The first kappa shape index (κ1) is 62.8. The number of carbonyl (C=O) groups is 3. The van der Waals surface area contributed by atoms with Gasteiger partial charge in [0.15, 0.2) is 6.10 Å². The lowest BCUT2D eigenvalue weighted by Gasteiger charge is -2.18. The van der Waals surface area contributed by atoms with Gasteiger partial charge in [0.2, 0.25) is 0 Å². The maximum absolute atomic E-state index is 12.8.